The molecule has 2 aromatic carbocycles. The molecule has 5 aromatic rings. The molecule has 0 saturated carbocycles. The van der Waals surface area contributed by atoms with Gasteiger partial charge in [-0.25, -0.2) is 14.2 Å². The number of primary amides is 1. The first-order chi connectivity index (χ1) is 15.5. The molecule has 158 valence electrons. The minimum absolute atomic E-state index is 0.0898. The van der Waals surface area contributed by atoms with Crippen LogP contribution >= 0.6 is 11.3 Å². The number of rotatable bonds is 4. The molecule has 0 atom stereocenters. The predicted molar refractivity (Wildman–Crippen MR) is 125 cm³/mol. The Morgan fingerprint density at radius 3 is 2.50 bits per heavy atom. The summed E-state index contributed by atoms with van der Waals surface area (Å²) in [6, 6.07) is 14.2. The molecular formula is C24H17FN4O2S. The molecule has 5 rings (SSSR count). The van der Waals surface area contributed by atoms with E-state index in [0.717, 1.165) is 37.2 Å². The van der Waals surface area contributed by atoms with E-state index in [1.54, 1.807) is 54.3 Å². The monoisotopic (exact) mass is 444 g/mol. The van der Waals surface area contributed by atoms with Crippen LogP contribution in [0, 0.1) is 5.82 Å². The number of halogens is 1. The van der Waals surface area contributed by atoms with Gasteiger partial charge in [-0.05, 0) is 41.3 Å². The molecule has 4 N–H and O–H groups in total. The van der Waals surface area contributed by atoms with Crippen molar-refractivity contribution >= 4 is 44.6 Å². The van der Waals surface area contributed by atoms with Gasteiger partial charge in [0, 0.05) is 33.0 Å². The lowest BCUT2D eigenvalue weighted by Crippen LogP contribution is -2.32. The van der Waals surface area contributed by atoms with E-state index in [2.05, 4.69) is 4.98 Å². The van der Waals surface area contributed by atoms with Gasteiger partial charge < -0.3 is 15.9 Å². The van der Waals surface area contributed by atoms with Crippen molar-refractivity contribution in [2.24, 2.45) is 5.73 Å². The maximum Gasteiger partial charge on any atom is 0.323 e. The Bertz CT molecular complexity index is 1430. The Morgan fingerprint density at radius 1 is 1.03 bits per heavy atom. The highest BCUT2D eigenvalue weighted by Crippen LogP contribution is 2.42. The van der Waals surface area contributed by atoms with Crippen LogP contribution in [0.25, 0.3) is 32.3 Å². The molecule has 3 heterocycles. The zero-order chi connectivity index (χ0) is 22.2. The van der Waals surface area contributed by atoms with Crippen molar-refractivity contribution in [2.45, 2.75) is 0 Å². The number of hydrogen-bond donors (Lipinski definition) is 2. The van der Waals surface area contributed by atoms with Crippen molar-refractivity contribution in [1.82, 2.24) is 4.98 Å². The lowest BCUT2D eigenvalue weighted by atomic mass is 10.0. The lowest BCUT2D eigenvalue weighted by molar-refractivity contribution is 0.256. The van der Waals surface area contributed by atoms with E-state index in [9.17, 15) is 9.18 Å². The highest BCUT2D eigenvalue weighted by Gasteiger charge is 2.20. The predicted octanol–water partition coefficient (Wildman–Crippen LogP) is 6.16. The van der Waals surface area contributed by atoms with E-state index < -0.39 is 11.8 Å². The summed E-state index contributed by atoms with van der Waals surface area (Å²) in [5.41, 5.74) is 16.0. The van der Waals surface area contributed by atoms with Gasteiger partial charge in [-0.3, -0.25) is 4.90 Å². The van der Waals surface area contributed by atoms with Gasteiger partial charge in [-0.1, -0.05) is 24.3 Å². The normalized spacial score (nSPS) is 11.0. The zero-order valence-corrected chi connectivity index (χ0v) is 17.5. The maximum absolute atomic E-state index is 14.3. The van der Waals surface area contributed by atoms with Gasteiger partial charge in [-0.15, -0.1) is 11.3 Å². The fourth-order valence-corrected chi connectivity index (χ4v) is 4.83. The summed E-state index contributed by atoms with van der Waals surface area (Å²) < 4.78 is 20.5. The number of anilines is 3. The van der Waals surface area contributed by atoms with Crippen LogP contribution in [0.3, 0.4) is 0 Å². The first kappa shape index (κ1) is 19.8. The molecule has 32 heavy (non-hydrogen) atoms. The largest absolute Gasteiger partial charge is 0.472 e. The average molecular weight is 444 g/mol. The number of amides is 2. The molecule has 0 fully saturated rings. The molecule has 6 nitrogen and oxygen atoms in total. The van der Waals surface area contributed by atoms with Gasteiger partial charge in [0.1, 0.15) is 11.6 Å². The van der Waals surface area contributed by atoms with Crippen molar-refractivity contribution in [3.63, 3.8) is 0 Å². The molecule has 0 radical (unpaired) electrons. The van der Waals surface area contributed by atoms with Crippen LogP contribution in [-0.4, -0.2) is 11.0 Å². The number of aromatic nitrogens is 1. The van der Waals surface area contributed by atoms with E-state index in [1.165, 1.54) is 12.1 Å². The number of nitrogen functional groups attached to an aromatic ring is 1. The maximum atomic E-state index is 14.3. The third-order valence-corrected chi connectivity index (χ3v) is 6.22. The number of nitrogens with zero attached hydrogens (tertiary/aromatic N) is 2. The number of hydrogen-bond acceptors (Lipinski definition) is 5. The number of benzene rings is 2. The quantitative estimate of drug-likeness (QED) is 0.347. The number of carbonyl (C=O) groups excluding carboxylic acids is 1. The van der Waals surface area contributed by atoms with Gasteiger partial charge in [0.05, 0.1) is 23.9 Å². The van der Waals surface area contributed by atoms with Crippen LogP contribution in [0.15, 0.2) is 83.1 Å². The minimum Gasteiger partial charge on any atom is -0.472 e. The number of para-hydroxylation sites is 1. The van der Waals surface area contributed by atoms with Gasteiger partial charge in [0.15, 0.2) is 0 Å². The Hall–Kier alpha value is -4.17. The molecule has 0 aliphatic heterocycles. The Kier molecular flexibility index (Phi) is 4.84. The molecule has 0 bridgehead atoms. The van der Waals surface area contributed by atoms with Crippen LogP contribution < -0.4 is 16.4 Å². The first-order valence-electron chi connectivity index (χ1n) is 9.67. The molecule has 0 unspecified atom stereocenters. The van der Waals surface area contributed by atoms with E-state index in [0.29, 0.717) is 11.5 Å². The van der Waals surface area contributed by atoms with Crippen molar-refractivity contribution < 1.29 is 13.6 Å². The number of carbonyl (C=O) groups is 1. The third kappa shape index (κ3) is 3.27. The summed E-state index contributed by atoms with van der Waals surface area (Å²) in [5, 5.41) is 2.87. The second-order valence-electron chi connectivity index (χ2n) is 7.09. The minimum atomic E-state index is -0.776. The van der Waals surface area contributed by atoms with E-state index >= 15 is 0 Å². The van der Waals surface area contributed by atoms with Crippen molar-refractivity contribution in [2.75, 3.05) is 10.6 Å². The van der Waals surface area contributed by atoms with Gasteiger partial charge in [-0.2, -0.15) is 0 Å². The molecule has 8 heteroatoms. The second kappa shape index (κ2) is 7.82. The molecule has 0 aliphatic carbocycles. The van der Waals surface area contributed by atoms with Crippen LogP contribution in [-0.2, 0) is 0 Å². The molecule has 0 saturated heterocycles. The van der Waals surface area contributed by atoms with Crippen LogP contribution in [0.1, 0.15) is 0 Å². The SMILES string of the molecule is NC(=O)N(c1ccc(-c2csc3c(-c4ccoc4)cnc(N)c23)cc1)c1ccccc1F. The van der Waals surface area contributed by atoms with Crippen molar-refractivity contribution in [3.8, 4) is 22.3 Å². The topological polar surface area (TPSA) is 98.4 Å². The van der Waals surface area contributed by atoms with Crippen molar-refractivity contribution in [3.05, 3.63) is 84.5 Å². The number of fused-ring (bicyclic) bond motifs is 1. The smallest absolute Gasteiger partial charge is 0.323 e. The standard InChI is InChI=1S/C24H17FN4O2S/c25-19-3-1-2-4-20(19)29(24(27)30)16-7-5-14(6-8-16)18-13-32-22-17(15-9-10-31-12-15)11-28-23(26)21(18)22/h1-13H,(H2,26,28)(H2,27,30). The van der Waals surface area contributed by atoms with Crippen LogP contribution in [0.2, 0.25) is 0 Å². The molecule has 0 spiro atoms. The van der Waals surface area contributed by atoms with E-state index in [-0.39, 0.29) is 5.69 Å². The number of urea groups is 1. The molecule has 3 aromatic heterocycles. The van der Waals surface area contributed by atoms with E-state index in [4.69, 9.17) is 15.9 Å². The zero-order valence-electron chi connectivity index (χ0n) is 16.7. The summed E-state index contributed by atoms with van der Waals surface area (Å²) in [6.07, 6.45) is 5.03. The Labute approximate surface area is 186 Å². The summed E-state index contributed by atoms with van der Waals surface area (Å²) in [4.78, 5) is 17.6. The molecular weight excluding hydrogens is 427 g/mol. The fraction of sp³-hybridized carbons (Fsp3) is 0. The highest BCUT2D eigenvalue weighted by atomic mass is 32.1. The third-order valence-electron chi connectivity index (χ3n) is 5.21. The summed E-state index contributed by atoms with van der Waals surface area (Å²) in [6.45, 7) is 0. The molecule has 2 amide bonds. The Morgan fingerprint density at radius 2 is 1.81 bits per heavy atom. The number of thiophene rings is 1. The number of pyridine rings is 1. The lowest BCUT2D eigenvalue weighted by Gasteiger charge is -2.21. The Balaban J connectivity index is 1.58. The summed E-state index contributed by atoms with van der Waals surface area (Å²) >= 11 is 1.57. The van der Waals surface area contributed by atoms with E-state index in [1.807, 2.05) is 23.6 Å². The van der Waals surface area contributed by atoms with Crippen LogP contribution in [0.4, 0.5) is 26.4 Å². The number of furan rings is 1. The van der Waals surface area contributed by atoms with Gasteiger partial charge >= 0.3 is 6.03 Å². The van der Waals surface area contributed by atoms with Crippen molar-refractivity contribution in [1.29, 1.82) is 0 Å². The van der Waals surface area contributed by atoms with Gasteiger partial charge in [0.25, 0.3) is 0 Å². The summed E-state index contributed by atoms with van der Waals surface area (Å²) in [5.74, 6) is -0.109. The number of nitrogens with two attached hydrogens (primary N) is 2. The average Bonchev–Trinajstić information content (AvgIpc) is 3.47. The second-order valence-corrected chi connectivity index (χ2v) is 7.97. The first-order valence-corrected chi connectivity index (χ1v) is 10.6. The van der Waals surface area contributed by atoms with Gasteiger partial charge in [0.2, 0.25) is 0 Å². The van der Waals surface area contributed by atoms with Crippen LogP contribution in [0.5, 0.6) is 0 Å². The summed E-state index contributed by atoms with van der Waals surface area (Å²) in [7, 11) is 0. The fourth-order valence-electron chi connectivity index (χ4n) is 3.71. The highest BCUT2D eigenvalue weighted by molar-refractivity contribution is 7.18. The molecule has 0 aliphatic rings.